The van der Waals surface area contributed by atoms with E-state index >= 15 is 0 Å². The van der Waals surface area contributed by atoms with Gasteiger partial charge < -0.3 is 14.6 Å². The standard InChI is InChI=1S/C20H18N2O4/c1-12-15(20(24)25-3)10-7-11-16(12)21-19(23)17-13(2)26-22-18(17)14-8-5-4-6-9-14/h4-11H,1-3H3,(H,21,23). The van der Waals surface area contributed by atoms with Gasteiger partial charge in [-0.15, -0.1) is 0 Å². The van der Waals surface area contributed by atoms with Crippen LogP contribution in [0.2, 0.25) is 0 Å². The number of benzene rings is 2. The van der Waals surface area contributed by atoms with E-state index in [4.69, 9.17) is 9.26 Å². The maximum absolute atomic E-state index is 12.9. The van der Waals surface area contributed by atoms with E-state index < -0.39 is 5.97 Å². The van der Waals surface area contributed by atoms with Crippen molar-refractivity contribution in [2.24, 2.45) is 0 Å². The molecule has 0 radical (unpaired) electrons. The van der Waals surface area contributed by atoms with E-state index in [0.717, 1.165) is 5.56 Å². The first-order valence-corrected chi connectivity index (χ1v) is 8.04. The van der Waals surface area contributed by atoms with Crippen LogP contribution in [-0.4, -0.2) is 24.1 Å². The lowest BCUT2D eigenvalue weighted by Crippen LogP contribution is -2.15. The number of carbonyl (C=O) groups excluding carboxylic acids is 2. The summed E-state index contributed by atoms with van der Waals surface area (Å²) in [5.74, 6) is -0.388. The minimum Gasteiger partial charge on any atom is -0.465 e. The average Bonchev–Trinajstić information content (AvgIpc) is 3.05. The van der Waals surface area contributed by atoms with Crippen LogP contribution >= 0.6 is 0 Å². The topological polar surface area (TPSA) is 81.4 Å². The molecule has 0 aliphatic heterocycles. The van der Waals surface area contributed by atoms with Crippen LogP contribution in [0.25, 0.3) is 11.3 Å². The fourth-order valence-electron chi connectivity index (χ4n) is 2.72. The summed E-state index contributed by atoms with van der Waals surface area (Å²) in [6, 6.07) is 14.4. The highest BCUT2D eigenvalue weighted by atomic mass is 16.5. The van der Waals surface area contributed by atoms with Crippen molar-refractivity contribution in [1.29, 1.82) is 0 Å². The molecule has 0 unspecified atom stereocenters. The Labute approximate surface area is 150 Å². The molecule has 6 nitrogen and oxygen atoms in total. The van der Waals surface area contributed by atoms with E-state index in [9.17, 15) is 9.59 Å². The van der Waals surface area contributed by atoms with Gasteiger partial charge in [0.1, 0.15) is 17.0 Å². The number of ether oxygens (including phenoxy) is 1. The zero-order valence-electron chi connectivity index (χ0n) is 14.7. The largest absolute Gasteiger partial charge is 0.465 e. The molecular weight excluding hydrogens is 332 g/mol. The summed E-state index contributed by atoms with van der Waals surface area (Å²) >= 11 is 0. The monoisotopic (exact) mass is 350 g/mol. The van der Waals surface area contributed by atoms with Crippen molar-refractivity contribution in [3.05, 3.63) is 71.0 Å². The van der Waals surface area contributed by atoms with Crippen molar-refractivity contribution in [1.82, 2.24) is 5.16 Å². The van der Waals surface area contributed by atoms with Crippen molar-refractivity contribution < 1.29 is 18.8 Å². The van der Waals surface area contributed by atoms with Gasteiger partial charge in [0.25, 0.3) is 5.91 Å². The molecule has 2 aromatic carbocycles. The molecule has 0 bridgehead atoms. The molecule has 0 aliphatic rings. The Kier molecular flexibility index (Phi) is 4.84. The summed E-state index contributed by atoms with van der Waals surface area (Å²) in [6.07, 6.45) is 0. The summed E-state index contributed by atoms with van der Waals surface area (Å²) in [4.78, 5) is 24.7. The number of carbonyl (C=O) groups is 2. The Bertz CT molecular complexity index is 961. The van der Waals surface area contributed by atoms with Crippen LogP contribution < -0.4 is 5.32 Å². The number of rotatable bonds is 4. The molecule has 0 saturated carbocycles. The fourth-order valence-corrected chi connectivity index (χ4v) is 2.72. The third kappa shape index (κ3) is 3.21. The first-order chi connectivity index (χ1) is 12.5. The number of amides is 1. The van der Waals surface area contributed by atoms with E-state index in [1.165, 1.54) is 7.11 Å². The predicted molar refractivity (Wildman–Crippen MR) is 97.1 cm³/mol. The van der Waals surface area contributed by atoms with Crippen molar-refractivity contribution in [3.8, 4) is 11.3 Å². The summed E-state index contributed by atoms with van der Waals surface area (Å²) < 4.78 is 10.0. The van der Waals surface area contributed by atoms with Gasteiger partial charge in [-0.2, -0.15) is 0 Å². The van der Waals surface area contributed by atoms with Crippen molar-refractivity contribution >= 4 is 17.6 Å². The van der Waals surface area contributed by atoms with Crippen LogP contribution in [0.4, 0.5) is 5.69 Å². The van der Waals surface area contributed by atoms with Gasteiger partial charge >= 0.3 is 5.97 Å². The van der Waals surface area contributed by atoms with Gasteiger partial charge in [-0.3, -0.25) is 4.79 Å². The number of esters is 1. The van der Waals surface area contributed by atoms with Gasteiger partial charge in [0.15, 0.2) is 0 Å². The molecule has 0 saturated heterocycles. The molecule has 0 atom stereocenters. The number of nitrogens with zero attached hydrogens (tertiary/aromatic N) is 1. The second-order valence-electron chi connectivity index (χ2n) is 5.75. The van der Waals surface area contributed by atoms with E-state index in [2.05, 4.69) is 10.5 Å². The fraction of sp³-hybridized carbons (Fsp3) is 0.150. The van der Waals surface area contributed by atoms with Crippen molar-refractivity contribution in [2.45, 2.75) is 13.8 Å². The Balaban J connectivity index is 1.96. The summed E-state index contributed by atoms with van der Waals surface area (Å²) in [6.45, 7) is 3.44. The molecule has 1 heterocycles. The predicted octanol–water partition coefficient (Wildman–Crippen LogP) is 4.00. The number of aromatic nitrogens is 1. The molecule has 0 fully saturated rings. The Morgan fingerprint density at radius 1 is 1.04 bits per heavy atom. The van der Waals surface area contributed by atoms with Gasteiger partial charge in [0.05, 0.1) is 12.7 Å². The lowest BCUT2D eigenvalue weighted by atomic mass is 10.0. The Hall–Kier alpha value is -3.41. The lowest BCUT2D eigenvalue weighted by molar-refractivity contribution is 0.0599. The Morgan fingerprint density at radius 3 is 2.46 bits per heavy atom. The number of anilines is 1. The Morgan fingerprint density at radius 2 is 1.77 bits per heavy atom. The number of aryl methyl sites for hydroxylation is 1. The van der Waals surface area contributed by atoms with Gasteiger partial charge in [0.2, 0.25) is 0 Å². The first-order valence-electron chi connectivity index (χ1n) is 8.04. The summed E-state index contributed by atoms with van der Waals surface area (Å²) in [5, 5.41) is 6.86. The van der Waals surface area contributed by atoms with Crippen LogP contribution in [0.3, 0.4) is 0 Å². The van der Waals surface area contributed by atoms with Crippen LogP contribution in [0.5, 0.6) is 0 Å². The van der Waals surface area contributed by atoms with E-state index in [1.807, 2.05) is 30.3 Å². The third-order valence-electron chi connectivity index (χ3n) is 4.12. The van der Waals surface area contributed by atoms with Gasteiger partial charge in [-0.25, -0.2) is 4.79 Å². The minimum absolute atomic E-state index is 0.354. The first kappa shape index (κ1) is 17.4. The lowest BCUT2D eigenvalue weighted by Gasteiger charge is -2.11. The van der Waals surface area contributed by atoms with Crippen LogP contribution in [0, 0.1) is 13.8 Å². The number of methoxy groups -OCH3 is 1. The SMILES string of the molecule is COC(=O)c1cccc(NC(=O)c2c(-c3ccccc3)noc2C)c1C. The average molecular weight is 350 g/mol. The molecular formula is C20H18N2O4. The van der Waals surface area contributed by atoms with E-state index in [0.29, 0.717) is 33.8 Å². The maximum atomic E-state index is 12.9. The molecule has 3 rings (SSSR count). The smallest absolute Gasteiger partial charge is 0.338 e. The molecule has 132 valence electrons. The van der Waals surface area contributed by atoms with Crippen LogP contribution in [-0.2, 0) is 4.74 Å². The summed E-state index contributed by atoms with van der Waals surface area (Å²) in [7, 11) is 1.32. The van der Waals surface area contributed by atoms with E-state index in [1.54, 1.807) is 32.0 Å². The maximum Gasteiger partial charge on any atom is 0.338 e. The van der Waals surface area contributed by atoms with Gasteiger partial charge in [-0.05, 0) is 31.5 Å². The molecule has 1 amide bonds. The zero-order valence-corrected chi connectivity index (χ0v) is 14.7. The highest BCUT2D eigenvalue weighted by Crippen LogP contribution is 2.27. The van der Waals surface area contributed by atoms with Crippen LogP contribution in [0.1, 0.15) is 32.0 Å². The third-order valence-corrected chi connectivity index (χ3v) is 4.12. The van der Waals surface area contributed by atoms with Crippen LogP contribution in [0.15, 0.2) is 53.1 Å². The highest BCUT2D eigenvalue weighted by molar-refractivity contribution is 6.09. The molecule has 1 aromatic heterocycles. The quantitative estimate of drug-likeness (QED) is 0.719. The van der Waals surface area contributed by atoms with Gasteiger partial charge in [-0.1, -0.05) is 41.6 Å². The van der Waals surface area contributed by atoms with Crippen molar-refractivity contribution in [2.75, 3.05) is 12.4 Å². The molecule has 0 aliphatic carbocycles. The molecule has 3 aromatic rings. The minimum atomic E-state index is -0.454. The van der Waals surface area contributed by atoms with E-state index in [-0.39, 0.29) is 5.91 Å². The number of hydrogen-bond donors (Lipinski definition) is 1. The molecule has 6 heteroatoms. The zero-order chi connectivity index (χ0) is 18.7. The highest BCUT2D eigenvalue weighted by Gasteiger charge is 2.22. The molecule has 0 spiro atoms. The number of hydrogen-bond acceptors (Lipinski definition) is 5. The van der Waals surface area contributed by atoms with Gasteiger partial charge in [0, 0.05) is 11.3 Å². The normalized spacial score (nSPS) is 10.4. The summed E-state index contributed by atoms with van der Waals surface area (Å²) in [5.41, 5.74) is 3.17. The van der Waals surface area contributed by atoms with Crippen molar-refractivity contribution in [3.63, 3.8) is 0 Å². The molecule has 26 heavy (non-hydrogen) atoms. The number of nitrogens with one attached hydrogen (secondary N) is 1. The molecule has 1 N–H and O–H groups in total. The second-order valence-corrected chi connectivity index (χ2v) is 5.75. The second kappa shape index (κ2) is 7.23.